The van der Waals surface area contributed by atoms with Crippen molar-refractivity contribution in [2.75, 3.05) is 4.90 Å². The van der Waals surface area contributed by atoms with Crippen molar-refractivity contribution in [1.29, 1.82) is 0 Å². The Balaban J connectivity index is 1.07. The first-order valence-corrected chi connectivity index (χ1v) is 21.2. The van der Waals surface area contributed by atoms with Gasteiger partial charge < -0.3 is 4.90 Å². The van der Waals surface area contributed by atoms with E-state index in [0.717, 1.165) is 33.8 Å². The van der Waals surface area contributed by atoms with Gasteiger partial charge in [0.15, 0.2) is 0 Å². The van der Waals surface area contributed by atoms with Crippen molar-refractivity contribution in [2.45, 2.75) is 6.92 Å². The fourth-order valence-electron chi connectivity index (χ4n) is 7.45. The van der Waals surface area contributed by atoms with Gasteiger partial charge in [0, 0.05) is 17.1 Å². The van der Waals surface area contributed by atoms with Crippen LogP contribution in [0.2, 0.25) is 0 Å². The molecule has 1 nitrogen and oxygen atoms in total. The second kappa shape index (κ2) is 20.8. The highest BCUT2D eigenvalue weighted by Gasteiger charge is 2.13. The minimum atomic E-state index is 1.08. The molecule has 0 radical (unpaired) electrons. The van der Waals surface area contributed by atoms with Gasteiger partial charge in [0.1, 0.15) is 0 Å². The van der Waals surface area contributed by atoms with Crippen molar-refractivity contribution in [3.8, 4) is 0 Å². The summed E-state index contributed by atoms with van der Waals surface area (Å²) < 4.78 is 0. The second-order valence-corrected chi connectivity index (χ2v) is 15.0. The van der Waals surface area contributed by atoms with E-state index in [1.807, 2.05) is 0 Å². The average Bonchev–Trinajstić information content (AvgIpc) is 3.34. The van der Waals surface area contributed by atoms with E-state index in [1.54, 1.807) is 0 Å². The third-order valence-electron chi connectivity index (χ3n) is 10.8. The van der Waals surface area contributed by atoms with Crippen LogP contribution in [0.15, 0.2) is 261 Å². The first-order chi connectivity index (χ1) is 30.7. The maximum Gasteiger partial charge on any atom is 0.0462 e. The summed E-state index contributed by atoms with van der Waals surface area (Å²) in [5, 5.41) is 0. The van der Waals surface area contributed by atoms with Crippen LogP contribution in [-0.4, -0.2) is 0 Å². The van der Waals surface area contributed by atoms with E-state index < -0.39 is 0 Å². The molecule has 0 amide bonds. The fourth-order valence-corrected chi connectivity index (χ4v) is 7.45. The first-order valence-electron chi connectivity index (χ1n) is 21.2. The van der Waals surface area contributed by atoms with Gasteiger partial charge in [-0.3, -0.25) is 0 Å². The molecular formula is C61H49N. The van der Waals surface area contributed by atoms with Crippen LogP contribution in [0.4, 0.5) is 17.1 Å². The van der Waals surface area contributed by atoms with E-state index in [1.165, 1.54) is 44.5 Å². The Bertz CT molecular complexity index is 2580. The molecule has 62 heavy (non-hydrogen) atoms. The number of hydrogen-bond donors (Lipinski definition) is 0. The Morgan fingerprint density at radius 2 is 0.548 bits per heavy atom. The highest BCUT2D eigenvalue weighted by molar-refractivity contribution is 5.83. The van der Waals surface area contributed by atoms with Crippen molar-refractivity contribution in [1.82, 2.24) is 0 Å². The molecule has 0 unspecified atom stereocenters. The predicted molar refractivity (Wildman–Crippen MR) is 268 cm³/mol. The quantitative estimate of drug-likeness (QED) is 0.0991. The number of benzene rings is 8. The van der Waals surface area contributed by atoms with Gasteiger partial charge in [0.25, 0.3) is 0 Å². The van der Waals surface area contributed by atoms with Gasteiger partial charge in [0.2, 0.25) is 0 Å². The maximum atomic E-state index is 2.32. The summed E-state index contributed by atoms with van der Waals surface area (Å²) in [5.41, 5.74) is 16.2. The molecule has 0 bridgehead atoms. The lowest BCUT2D eigenvalue weighted by atomic mass is 9.97. The van der Waals surface area contributed by atoms with E-state index >= 15 is 0 Å². The summed E-state index contributed by atoms with van der Waals surface area (Å²) in [6.45, 7) is 2.15. The summed E-state index contributed by atoms with van der Waals surface area (Å²) in [7, 11) is 0. The molecule has 0 aliphatic rings. The van der Waals surface area contributed by atoms with Gasteiger partial charge in [-0.25, -0.2) is 0 Å². The Morgan fingerprint density at radius 1 is 0.290 bits per heavy atom. The van der Waals surface area contributed by atoms with E-state index in [4.69, 9.17) is 0 Å². The molecule has 0 aliphatic heterocycles. The Hall–Kier alpha value is -8.00. The molecule has 1 heteroatoms. The largest absolute Gasteiger partial charge is 0.311 e. The van der Waals surface area contributed by atoms with Gasteiger partial charge in [-0.1, -0.05) is 243 Å². The molecule has 8 aromatic rings. The maximum absolute atomic E-state index is 2.32. The molecule has 0 aromatic heterocycles. The van der Waals surface area contributed by atoms with Gasteiger partial charge in [-0.05, 0) is 105 Å². The monoisotopic (exact) mass is 795 g/mol. The van der Waals surface area contributed by atoms with Crippen LogP contribution in [0, 0.1) is 0 Å². The van der Waals surface area contributed by atoms with Crippen LogP contribution in [-0.2, 0) is 0 Å². The second-order valence-electron chi connectivity index (χ2n) is 15.0. The van der Waals surface area contributed by atoms with Crippen molar-refractivity contribution in [3.63, 3.8) is 0 Å². The lowest BCUT2D eigenvalue weighted by Crippen LogP contribution is -2.09. The average molecular weight is 796 g/mol. The van der Waals surface area contributed by atoms with Crippen molar-refractivity contribution >= 4 is 52.0 Å². The van der Waals surface area contributed by atoms with Crippen molar-refractivity contribution in [2.24, 2.45) is 0 Å². The fraction of sp³-hybridized carbons (Fsp3) is 0.0164. The molecule has 0 fully saturated rings. The van der Waals surface area contributed by atoms with E-state index in [9.17, 15) is 0 Å². The first kappa shape index (κ1) is 40.8. The van der Waals surface area contributed by atoms with E-state index in [-0.39, 0.29) is 0 Å². The highest BCUT2D eigenvalue weighted by atomic mass is 15.1. The van der Waals surface area contributed by atoms with Gasteiger partial charge in [-0.15, -0.1) is 0 Å². The lowest BCUT2D eigenvalue weighted by molar-refractivity contribution is 1.28. The molecule has 0 saturated heterocycles. The summed E-state index contributed by atoms with van der Waals surface area (Å²) in [4.78, 5) is 2.32. The molecule has 298 valence electrons. The number of anilines is 3. The van der Waals surface area contributed by atoms with Gasteiger partial charge in [0.05, 0.1) is 0 Å². The van der Waals surface area contributed by atoms with E-state index in [0.29, 0.717) is 0 Å². The third kappa shape index (κ3) is 10.8. The van der Waals surface area contributed by atoms with E-state index in [2.05, 4.69) is 291 Å². The molecule has 0 heterocycles. The summed E-state index contributed by atoms with van der Waals surface area (Å²) in [5.74, 6) is 0. The van der Waals surface area contributed by atoms with Crippen LogP contribution >= 0.6 is 0 Å². The number of allylic oxidation sites excluding steroid dienone is 7. The zero-order valence-electron chi connectivity index (χ0n) is 35.0. The van der Waals surface area contributed by atoms with Crippen molar-refractivity contribution < 1.29 is 0 Å². The summed E-state index contributed by atoms with van der Waals surface area (Å²) in [6.07, 6.45) is 19.5. The minimum Gasteiger partial charge on any atom is -0.311 e. The van der Waals surface area contributed by atoms with Crippen molar-refractivity contribution in [3.05, 3.63) is 305 Å². The Labute approximate surface area is 367 Å². The van der Waals surface area contributed by atoms with Crippen LogP contribution in [0.3, 0.4) is 0 Å². The topological polar surface area (TPSA) is 3.24 Å². The number of nitrogens with zero attached hydrogens (tertiary/aromatic N) is 1. The standard InChI is InChI=1S/C61H49N/c1-48(52-24-7-2-8-25-52)20-17-21-49-36-42-57(43-37-49)62(58-44-38-50(39-45-58)22-18-34-60(53-26-9-3-10-27-53)54-28-11-4-12-29-54)59-46-40-51(41-47-59)23-19-35-61(55-30-13-5-14-31-55)56-32-15-6-16-33-56/h2-47H,1H3. The molecule has 8 aromatic carbocycles. The normalized spacial score (nSPS) is 11.5. The molecule has 8 rings (SSSR count). The Kier molecular flexibility index (Phi) is 13.7. The number of hydrogen-bond acceptors (Lipinski definition) is 1. The van der Waals surface area contributed by atoms with Crippen LogP contribution in [0.1, 0.15) is 51.4 Å². The highest BCUT2D eigenvalue weighted by Crippen LogP contribution is 2.35. The molecule has 0 atom stereocenters. The lowest BCUT2D eigenvalue weighted by Gasteiger charge is -2.26. The number of rotatable bonds is 14. The smallest absolute Gasteiger partial charge is 0.0462 e. The zero-order valence-corrected chi connectivity index (χ0v) is 35.0. The molecule has 0 aliphatic carbocycles. The zero-order chi connectivity index (χ0) is 42.2. The minimum absolute atomic E-state index is 1.08. The SMILES string of the molecule is CC(=CC=Cc1ccc(N(c2ccc(C=CC=C(c3ccccc3)c3ccccc3)cc2)c2ccc(C=CC=C(c3ccccc3)c3ccccc3)cc2)cc1)c1ccccc1. The Morgan fingerprint density at radius 3 is 0.839 bits per heavy atom. The van der Waals surface area contributed by atoms with Crippen LogP contribution in [0.25, 0.3) is 34.9 Å². The molecule has 0 N–H and O–H groups in total. The van der Waals surface area contributed by atoms with Gasteiger partial charge in [-0.2, -0.15) is 0 Å². The molecule has 0 saturated carbocycles. The van der Waals surface area contributed by atoms with Crippen LogP contribution in [0.5, 0.6) is 0 Å². The summed E-state index contributed by atoms with van der Waals surface area (Å²) in [6, 6.07) is 79.1. The molecule has 0 spiro atoms. The van der Waals surface area contributed by atoms with Gasteiger partial charge >= 0.3 is 0 Å². The molecular weight excluding hydrogens is 747 g/mol. The predicted octanol–water partition coefficient (Wildman–Crippen LogP) is 16.6. The third-order valence-corrected chi connectivity index (χ3v) is 10.8. The summed E-state index contributed by atoms with van der Waals surface area (Å²) >= 11 is 0. The van der Waals surface area contributed by atoms with Crippen LogP contribution < -0.4 is 4.90 Å².